The Morgan fingerprint density at radius 2 is 1.76 bits per heavy atom. The van der Waals surface area contributed by atoms with Crippen LogP contribution in [0.15, 0.2) is 24.4 Å². The fourth-order valence-electron chi connectivity index (χ4n) is 3.12. The Morgan fingerprint density at radius 1 is 1.07 bits per heavy atom. The maximum atomic E-state index is 12.9. The molecule has 0 radical (unpaired) electrons. The van der Waals surface area contributed by atoms with E-state index < -0.39 is 23.6 Å². The molecule has 0 saturated carbocycles. The Balaban J connectivity index is 1.62. The molecule has 0 aromatic carbocycles. The molecule has 1 fully saturated rings. The lowest BCUT2D eigenvalue weighted by Crippen LogP contribution is -2.39. The van der Waals surface area contributed by atoms with Crippen molar-refractivity contribution in [3.63, 3.8) is 0 Å². The van der Waals surface area contributed by atoms with E-state index in [4.69, 9.17) is 4.74 Å². The predicted octanol–water partition coefficient (Wildman–Crippen LogP) is 4.77. The fourth-order valence-corrected chi connectivity index (χ4v) is 3.12. The van der Waals surface area contributed by atoms with Gasteiger partial charge in [0.05, 0.1) is 5.56 Å². The van der Waals surface area contributed by atoms with Gasteiger partial charge in [0.25, 0.3) is 0 Å². The van der Waals surface area contributed by atoms with Gasteiger partial charge in [-0.2, -0.15) is 31.4 Å². The Labute approximate surface area is 163 Å². The van der Waals surface area contributed by atoms with Crippen LogP contribution >= 0.6 is 0 Å². The van der Waals surface area contributed by atoms with Crippen LogP contribution in [0, 0.1) is 0 Å². The Morgan fingerprint density at radius 3 is 2.28 bits per heavy atom. The van der Waals surface area contributed by atoms with Gasteiger partial charge in [0, 0.05) is 44.7 Å². The van der Waals surface area contributed by atoms with E-state index in [1.165, 1.54) is 10.7 Å². The first-order valence-corrected chi connectivity index (χ1v) is 9.18. The van der Waals surface area contributed by atoms with Crippen molar-refractivity contribution in [2.75, 3.05) is 18.0 Å². The number of ether oxygens (including phenoxy) is 1. The molecule has 11 heteroatoms. The number of alkyl halides is 6. The summed E-state index contributed by atoms with van der Waals surface area (Å²) in [6.45, 7) is 3.07. The second-order valence-corrected chi connectivity index (χ2v) is 6.80. The van der Waals surface area contributed by atoms with Gasteiger partial charge < -0.3 is 9.64 Å². The number of halogens is 6. The van der Waals surface area contributed by atoms with Crippen molar-refractivity contribution in [2.45, 2.75) is 51.2 Å². The number of aromatic nitrogens is 3. The summed E-state index contributed by atoms with van der Waals surface area (Å²) in [7, 11) is 0. The van der Waals surface area contributed by atoms with Gasteiger partial charge in [0.15, 0.2) is 5.69 Å². The molecule has 1 aliphatic heterocycles. The number of piperidine rings is 1. The highest BCUT2D eigenvalue weighted by molar-refractivity contribution is 5.40. The maximum Gasteiger partial charge on any atom is 0.435 e. The van der Waals surface area contributed by atoms with Gasteiger partial charge in [-0.3, -0.25) is 0 Å². The van der Waals surface area contributed by atoms with Gasteiger partial charge in [0.1, 0.15) is 11.9 Å². The molecular formula is C18H20F6N4O. The average molecular weight is 422 g/mol. The Bertz CT molecular complexity index is 807. The van der Waals surface area contributed by atoms with Crippen LogP contribution in [-0.2, 0) is 18.9 Å². The van der Waals surface area contributed by atoms with Gasteiger partial charge in [-0.15, -0.1) is 0 Å². The predicted molar refractivity (Wildman–Crippen MR) is 92.6 cm³/mol. The van der Waals surface area contributed by atoms with Gasteiger partial charge in [-0.1, -0.05) is 6.92 Å². The van der Waals surface area contributed by atoms with E-state index in [-0.39, 0.29) is 12.0 Å². The third-order valence-electron chi connectivity index (χ3n) is 4.60. The third kappa shape index (κ3) is 5.13. The highest BCUT2D eigenvalue weighted by atomic mass is 19.4. The zero-order valence-corrected chi connectivity index (χ0v) is 15.6. The molecule has 5 nitrogen and oxygen atoms in total. The van der Waals surface area contributed by atoms with E-state index in [1.54, 1.807) is 0 Å². The molecule has 2 aromatic heterocycles. The number of aryl methyl sites for hydroxylation is 1. The molecule has 1 aliphatic rings. The second-order valence-electron chi connectivity index (χ2n) is 6.80. The number of hydrogen-bond donors (Lipinski definition) is 0. The SMILES string of the molecule is CCCn1nc(C(F)(F)F)cc1OC1CCN(c2ccc(C(F)(F)F)cn2)CC1. The number of nitrogens with zero attached hydrogens (tertiary/aromatic N) is 4. The van der Waals surface area contributed by atoms with Crippen molar-refractivity contribution < 1.29 is 31.1 Å². The molecule has 0 bridgehead atoms. The Kier molecular flexibility index (Phi) is 5.95. The quantitative estimate of drug-likeness (QED) is 0.651. The topological polar surface area (TPSA) is 43.2 Å². The van der Waals surface area contributed by atoms with E-state index in [0.29, 0.717) is 44.7 Å². The summed E-state index contributed by atoms with van der Waals surface area (Å²) in [5.41, 5.74) is -1.81. The lowest BCUT2D eigenvalue weighted by molar-refractivity contribution is -0.141. The van der Waals surface area contributed by atoms with E-state index >= 15 is 0 Å². The minimum atomic E-state index is -4.55. The van der Waals surface area contributed by atoms with E-state index in [1.807, 2.05) is 11.8 Å². The molecule has 0 unspecified atom stereocenters. The third-order valence-corrected chi connectivity index (χ3v) is 4.60. The van der Waals surface area contributed by atoms with Crippen LogP contribution in [0.1, 0.15) is 37.4 Å². The molecule has 160 valence electrons. The van der Waals surface area contributed by atoms with Crippen molar-refractivity contribution in [3.8, 4) is 5.88 Å². The first-order valence-electron chi connectivity index (χ1n) is 9.18. The summed E-state index contributed by atoms with van der Waals surface area (Å²) in [6, 6.07) is 3.20. The van der Waals surface area contributed by atoms with Crippen LogP contribution in [0.25, 0.3) is 0 Å². The molecule has 0 N–H and O–H groups in total. The molecule has 0 amide bonds. The summed E-state index contributed by atoms with van der Waals surface area (Å²) in [4.78, 5) is 5.70. The van der Waals surface area contributed by atoms with Crippen molar-refractivity contribution in [1.29, 1.82) is 0 Å². The number of rotatable bonds is 5. The largest absolute Gasteiger partial charge is 0.474 e. The van der Waals surface area contributed by atoms with Crippen molar-refractivity contribution in [2.24, 2.45) is 0 Å². The van der Waals surface area contributed by atoms with Crippen molar-refractivity contribution in [3.05, 3.63) is 35.7 Å². The summed E-state index contributed by atoms with van der Waals surface area (Å²) in [5, 5.41) is 3.58. The molecule has 3 rings (SSSR count). The van der Waals surface area contributed by atoms with Gasteiger partial charge in [-0.05, 0) is 18.6 Å². The zero-order valence-electron chi connectivity index (χ0n) is 15.6. The lowest BCUT2D eigenvalue weighted by atomic mass is 10.1. The smallest absolute Gasteiger partial charge is 0.435 e. The summed E-state index contributed by atoms with van der Waals surface area (Å²) in [6.07, 6.45) is -6.90. The molecule has 0 aliphatic carbocycles. The van der Waals surface area contributed by atoms with Crippen LogP contribution in [0.3, 0.4) is 0 Å². The molecule has 1 saturated heterocycles. The lowest BCUT2D eigenvalue weighted by Gasteiger charge is -2.33. The zero-order chi connectivity index (χ0) is 21.2. The van der Waals surface area contributed by atoms with Crippen LogP contribution < -0.4 is 9.64 Å². The minimum absolute atomic E-state index is 0.0743. The van der Waals surface area contributed by atoms with E-state index in [2.05, 4.69) is 10.1 Å². The first-order chi connectivity index (χ1) is 13.6. The van der Waals surface area contributed by atoms with Crippen molar-refractivity contribution in [1.82, 2.24) is 14.8 Å². The molecule has 0 atom stereocenters. The van der Waals surface area contributed by atoms with Crippen LogP contribution in [0.2, 0.25) is 0 Å². The molecule has 2 aromatic rings. The normalized spacial score (nSPS) is 16.3. The Hall–Kier alpha value is -2.46. The van der Waals surface area contributed by atoms with Crippen LogP contribution in [0.5, 0.6) is 5.88 Å². The monoisotopic (exact) mass is 422 g/mol. The number of anilines is 1. The number of pyridine rings is 1. The van der Waals surface area contributed by atoms with Crippen LogP contribution in [0.4, 0.5) is 32.2 Å². The van der Waals surface area contributed by atoms with Gasteiger partial charge in [-0.25, -0.2) is 9.67 Å². The van der Waals surface area contributed by atoms with Crippen molar-refractivity contribution >= 4 is 5.82 Å². The van der Waals surface area contributed by atoms with Gasteiger partial charge >= 0.3 is 12.4 Å². The van der Waals surface area contributed by atoms with E-state index in [0.717, 1.165) is 18.3 Å². The fraction of sp³-hybridized carbons (Fsp3) is 0.556. The van der Waals surface area contributed by atoms with Gasteiger partial charge in [0.2, 0.25) is 5.88 Å². The number of hydrogen-bond acceptors (Lipinski definition) is 4. The molecule has 0 spiro atoms. The molecular weight excluding hydrogens is 402 g/mol. The summed E-state index contributed by atoms with van der Waals surface area (Å²) < 4.78 is 83.7. The van der Waals surface area contributed by atoms with Crippen LogP contribution in [-0.4, -0.2) is 34.0 Å². The first kappa shape index (κ1) is 21.3. The second kappa shape index (κ2) is 8.11. The highest BCUT2D eigenvalue weighted by Gasteiger charge is 2.36. The standard InChI is InChI=1S/C18H20F6N4O/c1-2-7-28-16(10-14(26-28)18(22,23)24)29-13-5-8-27(9-6-13)15-4-3-12(11-25-15)17(19,20)21/h3-4,10-11,13H,2,5-9H2,1H3. The summed E-state index contributed by atoms with van der Waals surface area (Å²) >= 11 is 0. The summed E-state index contributed by atoms with van der Waals surface area (Å²) in [5.74, 6) is 0.497. The molecule has 29 heavy (non-hydrogen) atoms. The minimum Gasteiger partial charge on any atom is -0.474 e. The molecule has 3 heterocycles. The maximum absolute atomic E-state index is 12.9. The van der Waals surface area contributed by atoms with E-state index in [9.17, 15) is 26.3 Å². The average Bonchev–Trinajstić information content (AvgIpc) is 3.05. The highest BCUT2D eigenvalue weighted by Crippen LogP contribution is 2.33.